The number of fused-ring (bicyclic) bond motifs is 1. The zero-order chi connectivity index (χ0) is 20.5. The van der Waals surface area contributed by atoms with E-state index in [1.807, 2.05) is 59.3 Å². The normalized spacial score (nSPS) is 15.8. The summed E-state index contributed by atoms with van der Waals surface area (Å²) in [6.45, 7) is 2.13. The highest BCUT2D eigenvalue weighted by Gasteiger charge is 2.34. The molecular formula is C25H23N3O2. The summed E-state index contributed by atoms with van der Waals surface area (Å²) in [6.07, 6.45) is 3.78. The third kappa shape index (κ3) is 3.32. The van der Waals surface area contributed by atoms with Gasteiger partial charge in [0.1, 0.15) is 5.76 Å². The van der Waals surface area contributed by atoms with Gasteiger partial charge in [0, 0.05) is 24.4 Å². The molecule has 2 aromatic heterocycles. The minimum absolute atomic E-state index is 0.0239. The molecular weight excluding hydrogens is 374 g/mol. The number of benzene rings is 2. The van der Waals surface area contributed by atoms with Gasteiger partial charge in [0.05, 0.1) is 23.2 Å². The maximum Gasteiger partial charge on any atom is 0.169 e. The van der Waals surface area contributed by atoms with E-state index in [0.717, 1.165) is 29.2 Å². The average molecular weight is 397 g/mol. The van der Waals surface area contributed by atoms with Crippen LogP contribution in [0.1, 0.15) is 46.6 Å². The Hall–Kier alpha value is -3.60. The van der Waals surface area contributed by atoms with Gasteiger partial charge in [-0.1, -0.05) is 37.3 Å². The number of nitrogens with zero attached hydrogens (tertiary/aromatic N) is 2. The van der Waals surface area contributed by atoms with Gasteiger partial charge in [-0.25, -0.2) is 4.68 Å². The van der Waals surface area contributed by atoms with Crippen molar-refractivity contribution in [3.63, 3.8) is 0 Å². The molecule has 5 nitrogen and oxygen atoms in total. The molecule has 0 saturated carbocycles. The predicted molar refractivity (Wildman–Crippen MR) is 117 cm³/mol. The molecule has 1 aliphatic rings. The van der Waals surface area contributed by atoms with E-state index in [0.29, 0.717) is 24.2 Å². The number of carbonyl (C=O) groups excluding carboxylic acids is 1. The van der Waals surface area contributed by atoms with Crippen LogP contribution in [0, 0.1) is 0 Å². The number of rotatable bonds is 5. The van der Waals surface area contributed by atoms with Crippen molar-refractivity contribution >= 4 is 17.3 Å². The first-order valence-corrected chi connectivity index (χ1v) is 10.3. The molecule has 1 aliphatic carbocycles. The van der Waals surface area contributed by atoms with Crippen molar-refractivity contribution in [2.24, 2.45) is 0 Å². The SMILES string of the molecule is CCc1ccc(Nc2nn(-c3ccccc3)c3c2C(=O)C[C@H](c2ccco2)C3)cc1. The lowest BCUT2D eigenvalue weighted by Gasteiger charge is -2.21. The number of furan rings is 1. The molecule has 5 heteroatoms. The van der Waals surface area contributed by atoms with E-state index < -0.39 is 0 Å². The highest BCUT2D eigenvalue weighted by Crippen LogP contribution is 2.38. The Kier molecular flexibility index (Phi) is 4.71. The Morgan fingerprint density at radius 2 is 1.83 bits per heavy atom. The van der Waals surface area contributed by atoms with E-state index in [2.05, 4.69) is 24.4 Å². The van der Waals surface area contributed by atoms with Crippen LogP contribution in [0.5, 0.6) is 0 Å². The number of para-hydroxylation sites is 1. The van der Waals surface area contributed by atoms with E-state index >= 15 is 0 Å². The van der Waals surface area contributed by atoms with Gasteiger partial charge in [-0.15, -0.1) is 5.10 Å². The standard InChI is InChI=1S/C25H23N3O2/c1-2-17-10-12-19(13-11-17)26-25-24-21(28(27-25)20-7-4-3-5-8-20)15-18(16-22(24)29)23-9-6-14-30-23/h3-14,18H,2,15-16H2,1H3,(H,26,27)/t18-/m1/s1. The van der Waals surface area contributed by atoms with Crippen LogP contribution < -0.4 is 5.32 Å². The Morgan fingerprint density at radius 3 is 2.53 bits per heavy atom. The monoisotopic (exact) mass is 397 g/mol. The van der Waals surface area contributed by atoms with E-state index in [1.165, 1.54) is 5.56 Å². The molecule has 30 heavy (non-hydrogen) atoms. The largest absolute Gasteiger partial charge is 0.469 e. The fourth-order valence-corrected chi connectivity index (χ4v) is 4.12. The van der Waals surface area contributed by atoms with Gasteiger partial charge in [-0.2, -0.15) is 0 Å². The van der Waals surface area contributed by atoms with Crippen LogP contribution in [0.3, 0.4) is 0 Å². The highest BCUT2D eigenvalue weighted by atomic mass is 16.3. The first kappa shape index (κ1) is 18.4. The Morgan fingerprint density at radius 1 is 1.03 bits per heavy atom. The predicted octanol–water partition coefficient (Wildman–Crippen LogP) is 5.68. The maximum absolute atomic E-state index is 13.2. The summed E-state index contributed by atoms with van der Waals surface area (Å²) in [5.74, 6) is 1.57. The van der Waals surface area contributed by atoms with Crippen molar-refractivity contribution in [2.45, 2.75) is 32.1 Å². The fraction of sp³-hybridized carbons (Fsp3) is 0.200. The van der Waals surface area contributed by atoms with Crippen molar-refractivity contribution < 1.29 is 9.21 Å². The van der Waals surface area contributed by atoms with Crippen LogP contribution in [0.2, 0.25) is 0 Å². The molecule has 0 radical (unpaired) electrons. The number of aromatic nitrogens is 2. The molecule has 2 aromatic carbocycles. The minimum Gasteiger partial charge on any atom is -0.469 e. The molecule has 0 aliphatic heterocycles. The molecule has 0 unspecified atom stereocenters. The molecule has 0 saturated heterocycles. The van der Waals surface area contributed by atoms with Gasteiger partial charge in [-0.3, -0.25) is 4.79 Å². The number of aryl methyl sites for hydroxylation is 1. The van der Waals surface area contributed by atoms with Crippen molar-refractivity contribution in [3.05, 3.63) is 95.6 Å². The molecule has 1 N–H and O–H groups in total. The third-order valence-electron chi connectivity index (χ3n) is 5.70. The summed E-state index contributed by atoms with van der Waals surface area (Å²) in [7, 11) is 0. The summed E-state index contributed by atoms with van der Waals surface area (Å²) >= 11 is 0. The average Bonchev–Trinajstić information content (AvgIpc) is 3.44. The van der Waals surface area contributed by atoms with Gasteiger partial charge in [0.25, 0.3) is 0 Å². The summed E-state index contributed by atoms with van der Waals surface area (Å²) in [4.78, 5) is 13.2. The lowest BCUT2D eigenvalue weighted by atomic mass is 9.85. The molecule has 0 bridgehead atoms. The topological polar surface area (TPSA) is 60.1 Å². The number of hydrogen-bond donors (Lipinski definition) is 1. The maximum atomic E-state index is 13.2. The molecule has 0 amide bonds. The lowest BCUT2D eigenvalue weighted by molar-refractivity contribution is 0.0960. The summed E-state index contributed by atoms with van der Waals surface area (Å²) in [6, 6.07) is 22.0. The van der Waals surface area contributed by atoms with Crippen LogP contribution in [0.4, 0.5) is 11.5 Å². The van der Waals surface area contributed by atoms with Gasteiger partial charge >= 0.3 is 0 Å². The highest BCUT2D eigenvalue weighted by molar-refractivity contribution is 6.03. The first-order chi connectivity index (χ1) is 14.7. The molecule has 0 spiro atoms. The van der Waals surface area contributed by atoms with E-state index in [-0.39, 0.29) is 11.7 Å². The number of hydrogen-bond acceptors (Lipinski definition) is 4. The molecule has 4 aromatic rings. The van der Waals surface area contributed by atoms with Crippen molar-refractivity contribution in [1.29, 1.82) is 0 Å². The summed E-state index contributed by atoms with van der Waals surface area (Å²) in [5, 5.41) is 8.20. The van der Waals surface area contributed by atoms with Crippen LogP contribution in [-0.4, -0.2) is 15.6 Å². The first-order valence-electron chi connectivity index (χ1n) is 10.3. The van der Waals surface area contributed by atoms with Crippen LogP contribution >= 0.6 is 0 Å². The second-order valence-corrected chi connectivity index (χ2v) is 7.64. The van der Waals surface area contributed by atoms with Crippen LogP contribution in [0.25, 0.3) is 5.69 Å². The molecule has 150 valence electrons. The molecule has 0 fully saturated rings. The quantitative estimate of drug-likeness (QED) is 0.470. The second kappa shape index (κ2) is 7.67. The number of anilines is 2. The van der Waals surface area contributed by atoms with Gasteiger partial charge in [0.2, 0.25) is 0 Å². The summed E-state index contributed by atoms with van der Waals surface area (Å²) < 4.78 is 7.50. The Labute approximate surface area is 175 Å². The van der Waals surface area contributed by atoms with Gasteiger partial charge in [0.15, 0.2) is 11.6 Å². The van der Waals surface area contributed by atoms with E-state index in [4.69, 9.17) is 9.52 Å². The van der Waals surface area contributed by atoms with Crippen molar-refractivity contribution in [2.75, 3.05) is 5.32 Å². The Bertz CT molecular complexity index is 1160. The molecule has 5 rings (SSSR count). The number of carbonyl (C=O) groups is 1. The zero-order valence-electron chi connectivity index (χ0n) is 16.8. The zero-order valence-corrected chi connectivity index (χ0v) is 16.8. The lowest BCUT2D eigenvalue weighted by Crippen LogP contribution is -2.20. The van der Waals surface area contributed by atoms with Crippen LogP contribution in [-0.2, 0) is 12.8 Å². The molecule has 1 atom stereocenters. The van der Waals surface area contributed by atoms with E-state index in [9.17, 15) is 4.79 Å². The second-order valence-electron chi connectivity index (χ2n) is 7.64. The third-order valence-corrected chi connectivity index (χ3v) is 5.70. The fourth-order valence-electron chi connectivity index (χ4n) is 4.12. The summed E-state index contributed by atoms with van der Waals surface area (Å²) in [5.41, 5.74) is 4.74. The van der Waals surface area contributed by atoms with Crippen LogP contribution in [0.15, 0.2) is 77.4 Å². The van der Waals surface area contributed by atoms with Gasteiger partial charge in [-0.05, 0) is 48.4 Å². The van der Waals surface area contributed by atoms with E-state index in [1.54, 1.807) is 6.26 Å². The molecule has 2 heterocycles. The number of Topliss-reactive ketones (excluding diaryl/α,β-unsaturated/α-hetero) is 1. The number of nitrogens with one attached hydrogen (secondary N) is 1. The smallest absolute Gasteiger partial charge is 0.169 e. The Balaban J connectivity index is 1.58. The van der Waals surface area contributed by atoms with Crippen molar-refractivity contribution in [1.82, 2.24) is 9.78 Å². The minimum atomic E-state index is 0.0239. The van der Waals surface area contributed by atoms with Gasteiger partial charge < -0.3 is 9.73 Å². The van der Waals surface area contributed by atoms with Crippen molar-refractivity contribution in [3.8, 4) is 5.69 Å². The number of ketones is 1.